The van der Waals surface area contributed by atoms with Crippen LogP contribution in [0.3, 0.4) is 0 Å². The van der Waals surface area contributed by atoms with Crippen molar-refractivity contribution < 1.29 is 24.5 Å². The zero-order valence-corrected chi connectivity index (χ0v) is 13.4. The number of hydrogen-bond donors (Lipinski definition) is 3. The Kier molecular flexibility index (Phi) is 5.42. The second-order valence-corrected chi connectivity index (χ2v) is 5.72. The number of anilines is 1. The molecule has 0 spiro atoms. The van der Waals surface area contributed by atoms with Crippen LogP contribution in [-0.4, -0.2) is 28.7 Å². The van der Waals surface area contributed by atoms with Gasteiger partial charge in [0.25, 0.3) is 5.91 Å². The lowest BCUT2D eigenvalue weighted by atomic mass is 10.1. The summed E-state index contributed by atoms with van der Waals surface area (Å²) < 4.78 is 5.58. The lowest BCUT2D eigenvalue weighted by Gasteiger charge is -2.10. The first kappa shape index (κ1) is 17.3. The Morgan fingerprint density at radius 2 is 1.92 bits per heavy atom. The van der Waals surface area contributed by atoms with E-state index in [0.717, 1.165) is 0 Å². The number of aromatic hydroxyl groups is 1. The molecule has 6 heteroatoms. The molecule has 0 aliphatic carbocycles. The lowest BCUT2D eigenvalue weighted by molar-refractivity contribution is 0.0693. The molecule has 126 valence electrons. The molecule has 24 heavy (non-hydrogen) atoms. The van der Waals surface area contributed by atoms with Gasteiger partial charge in [-0.3, -0.25) is 4.79 Å². The van der Waals surface area contributed by atoms with Crippen molar-refractivity contribution in [2.75, 3.05) is 11.9 Å². The smallest absolute Gasteiger partial charge is 0.339 e. The first-order chi connectivity index (χ1) is 11.4. The van der Waals surface area contributed by atoms with E-state index in [-0.39, 0.29) is 11.5 Å². The van der Waals surface area contributed by atoms with E-state index in [1.54, 1.807) is 24.3 Å². The van der Waals surface area contributed by atoms with E-state index < -0.39 is 11.7 Å². The lowest BCUT2D eigenvalue weighted by Crippen LogP contribution is -2.12. The van der Waals surface area contributed by atoms with Crippen molar-refractivity contribution >= 4 is 17.6 Å². The minimum absolute atomic E-state index is 0.225. The van der Waals surface area contributed by atoms with Gasteiger partial charge in [-0.2, -0.15) is 0 Å². The van der Waals surface area contributed by atoms with Gasteiger partial charge in [0.1, 0.15) is 17.1 Å². The zero-order valence-electron chi connectivity index (χ0n) is 13.4. The molecular formula is C18H19NO5. The average molecular weight is 329 g/mol. The van der Waals surface area contributed by atoms with Gasteiger partial charge in [0.05, 0.1) is 6.61 Å². The number of carboxylic acid groups (broad SMARTS) is 1. The molecule has 3 N–H and O–H groups in total. The third kappa shape index (κ3) is 4.49. The Morgan fingerprint density at radius 1 is 1.17 bits per heavy atom. The highest BCUT2D eigenvalue weighted by atomic mass is 16.5. The number of phenols is 1. The van der Waals surface area contributed by atoms with Crippen molar-refractivity contribution in [1.29, 1.82) is 0 Å². The normalized spacial score (nSPS) is 10.5. The topological polar surface area (TPSA) is 95.9 Å². The molecule has 2 aromatic carbocycles. The van der Waals surface area contributed by atoms with Crippen molar-refractivity contribution in [3.63, 3.8) is 0 Å². The van der Waals surface area contributed by atoms with Gasteiger partial charge in [0, 0.05) is 17.3 Å². The predicted molar refractivity (Wildman–Crippen MR) is 89.8 cm³/mol. The fourth-order valence-corrected chi connectivity index (χ4v) is 1.98. The van der Waals surface area contributed by atoms with E-state index >= 15 is 0 Å². The summed E-state index contributed by atoms with van der Waals surface area (Å²) in [5.74, 6) is -1.05. The first-order valence-corrected chi connectivity index (χ1v) is 7.47. The number of ether oxygens (including phenoxy) is 1. The van der Waals surface area contributed by atoms with Crippen LogP contribution >= 0.6 is 0 Å². The van der Waals surface area contributed by atoms with Crippen LogP contribution in [0.1, 0.15) is 34.6 Å². The second-order valence-electron chi connectivity index (χ2n) is 5.72. The quantitative estimate of drug-likeness (QED) is 0.755. The standard InChI is InChI=1S/C18H19NO5/c1-11(2)10-24-14-5-3-4-12(8-14)17(21)19-13-6-7-15(18(22)23)16(20)9-13/h3-9,11,20H,10H2,1-2H3,(H,19,21)(H,22,23). The average Bonchev–Trinajstić information content (AvgIpc) is 2.53. The number of carbonyl (C=O) groups is 2. The Labute approximate surface area is 139 Å². The number of amides is 1. The van der Waals surface area contributed by atoms with Gasteiger partial charge in [-0.1, -0.05) is 19.9 Å². The van der Waals surface area contributed by atoms with Crippen molar-refractivity contribution in [3.8, 4) is 11.5 Å². The molecule has 0 aliphatic heterocycles. The molecular weight excluding hydrogens is 310 g/mol. The molecule has 1 amide bonds. The molecule has 0 saturated heterocycles. The molecule has 0 unspecified atom stereocenters. The van der Waals surface area contributed by atoms with E-state index in [9.17, 15) is 14.7 Å². The maximum Gasteiger partial charge on any atom is 0.339 e. The van der Waals surface area contributed by atoms with Gasteiger partial charge in [0.15, 0.2) is 0 Å². The molecule has 2 aromatic rings. The third-order valence-corrected chi connectivity index (χ3v) is 3.17. The second kappa shape index (κ2) is 7.50. The van der Waals surface area contributed by atoms with Gasteiger partial charge >= 0.3 is 5.97 Å². The summed E-state index contributed by atoms with van der Waals surface area (Å²) >= 11 is 0. The molecule has 0 heterocycles. The Hall–Kier alpha value is -3.02. The number of benzene rings is 2. The van der Waals surface area contributed by atoms with Crippen LogP contribution in [0, 0.1) is 5.92 Å². The van der Waals surface area contributed by atoms with Crippen LogP contribution in [0.15, 0.2) is 42.5 Å². The molecule has 0 atom stereocenters. The summed E-state index contributed by atoms with van der Waals surface area (Å²) in [5, 5.41) is 21.1. The van der Waals surface area contributed by atoms with E-state index in [2.05, 4.69) is 5.32 Å². The van der Waals surface area contributed by atoms with Crippen molar-refractivity contribution in [1.82, 2.24) is 0 Å². The minimum Gasteiger partial charge on any atom is -0.507 e. The van der Waals surface area contributed by atoms with Crippen LogP contribution in [0.4, 0.5) is 5.69 Å². The molecule has 0 fully saturated rings. The van der Waals surface area contributed by atoms with Gasteiger partial charge in [-0.25, -0.2) is 4.79 Å². The van der Waals surface area contributed by atoms with Crippen molar-refractivity contribution in [3.05, 3.63) is 53.6 Å². The van der Waals surface area contributed by atoms with E-state index in [1.165, 1.54) is 18.2 Å². The van der Waals surface area contributed by atoms with Gasteiger partial charge in [0.2, 0.25) is 0 Å². The Balaban J connectivity index is 2.11. The fourth-order valence-electron chi connectivity index (χ4n) is 1.98. The minimum atomic E-state index is -1.24. The Bertz CT molecular complexity index is 755. The number of nitrogens with one attached hydrogen (secondary N) is 1. The van der Waals surface area contributed by atoms with Crippen LogP contribution in [0.5, 0.6) is 11.5 Å². The summed E-state index contributed by atoms with van der Waals surface area (Å²) in [6.45, 7) is 4.61. The van der Waals surface area contributed by atoms with Crippen LogP contribution < -0.4 is 10.1 Å². The van der Waals surface area contributed by atoms with Crippen LogP contribution in [-0.2, 0) is 0 Å². The summed E-state index contributed by atoms with van der Waals surface area (Å²) in [5.41, 5.74) is 0.478. The fraction of sp³-hybridized carbons (Fsp3) is 0.222. The first-order valence-electron chi connectivity index (χ1n) is 7.47. The number of carbonyl (C=O) groups excluding carboxylic acids is 1. The van der Waals surface area contributed by atoms with Gasteiger partial charge in [-0.05, 0) is 36.2 Å². The van der Waals surface area contributed by atoms with Gasteiger partial charge in [-0.15, -0.1) is 0 Å². The van der Waals surface area contributed by atoms with Crippen LogP contribution in [0.25, 0.3) is 0 Å². The molecule has 2 rings (SSSR count). The zero-order chi connectivity index (χ0) is 17.7. The van der Waals surface area contributed by atoms with Gasteiger partial charge < -0.3 is 20.3 Å². The molecule has 0 bridgehead atoms. The van der Waals surface area contributed by atoms with Crippen molar-refractivity contribution in [2.45, 2.75) is 13.8 Å². The molecule has 0 aliphatic rings. The molecule has 6 nitrogen and oxygen atoms in total. The number of carboxylic acids is 1. The molecule has 0 radical (unpaired) electrons. The number of rotatable bonds is 6. The van der Waals surface area contributed by atoms with Crippen LogP contribution in [0.2, 0.25) is 0 Å². The van der Waals surface area contributed by atoms with Crippen molar-refractivity contribution in [2.24, 2.45) is 5.92 Å². The third-order valence-electron chi connectivity index (χ3n) is 3.17. The maximum atomic E-state index is 12.3. The highest BCUT2D eigenvalue weighted by Crippen LogP contribution is 2.23. The Morgan fingerprint density at radius 3 is 2.54 bits per heavy atom. The highest BCUT2D eigenvalue weighted by molar-refractivity contribution is 6.05. The van der Waals surface area contributed by atoms with E-state index in [1.807, 2.05) is 13.8 Å². The van der Waals surface area contributed by atoms with E-state index in [0.29, 0.717) is 29.5 Å². The largest absolute Gasteiger partial charge is 0.507 e. The molecule has 0 saturated carbocycles. The maximum absolute atomic E-state index is 12.3. The number of aromatic carboxylic acids is 1. The summed E-state index contributed by atoms with van der Waals surface area (Å²) in [4.78, 5) is 23.1. The summed E-state index contributed by atoms with van der Waals surface area (Å²) in [7, 11) is 0. The van der Waals surface area contributed by atoms with E-state index in [4.69, 9.17) is 9.84 Å². The summed E-state index contributed by atoms with van der Waals surface area (Å²) in [6, 6.07) is 10.6. The predicted octanol–water partition coefficient (Wildman–Crippen LogP) is 3.38. The monoisotopic (exact) mass is 329 g/mol. The molecule has 0 aromatic heterocycles. The number of hydrogen-bond acceptors (Lipinski definition) is 4. The highest BCUT2D eigenvalue weighted by Gasteiger charge is 2.12. The summed E-state index contributed by atoms with van der Waals surface area (Å²) in [6.07, 6.45) is 0. The SMILES string of the molecule is CC(C)COc1cccc(C(=O)Nc2ccc(C(=O)O)c(O)c2)c1.